The first-order chi connectivity index (χ1) is 25.8. The normalized spacial score (nSPS) is 11.2. The van der Waals surface area contributed by atoms with Crippen molar-refractivity contribution in [3.63, 3.8) is 0 Å². The second kappa shape index (κ2) is 19.1. The standard InChI is InChI=1S/C28H20N2.2C6F4I2/c1-2-10-24-23(9-1)27(15-13-21-7-5-17-29-19-21)25-11-3-4-12-26(25)28(24)16-14-22-8-6-18-30-20-22;2*7-1-2(8)6(12)4(10)3(9)5(1)11/h1-20H;;/b15-13+,16-14+;;. The summed E-state index contributed by atoms with van der Waals surface area (Å²) in [6, 6.07) is 25.3. The van der Waals surface area contributed by atoms with Gasteiger partial charge in [-0.2, -0.15) is 0 Å². The summed E-state index contributed by atoms with van der Waals surface area (Å²) in [4.78, 5) is 8.45. The summed E-state index contributed by atoms with van der Waals surface area (Å²) in [7, 11) is 0. The van der Waals surface area contributed by atoms with E-state index in [9.17, 15) is 35.1 Å². The molecule has 2 heterocycles. The van der Waals surface area contributed by atoms with Crippen LogP contribution < -0.4 is 0 Å². The van der Waals surface area contributed by atoms with E-state index in [0.29, 0.717) is 0 Å². The molecule has 5 aromatic carbocycles. The predicted octanol–water partition coefficient (Wildman–Crippen LogP) is 14.0. The van der Waals surface area contributed by atoms with Gasteiger partial charge in [0, 0.05) is 24.8 Å². The van der Waals surface area contributed by atoms with Crippen molar-refractivity contribution in [3.05, 3.63) is 181 Å². The van der Waals surface area contributed by atoms with Gasteiger partial charge in [0.1, 0.15) is 0 Å². The summed E-state index contributed by atoms with van der Waals surface area (Å²) in [6.07, 6.45) is 16.0. The van der Waals surface area contributed by atoms with Crippen LogP contribution in [0.4, 0.5) is 35.1 Å². The Morgan fingerprint density at radius 3 is 0.833 bits per heavy atom. The minimum atomic E-state index is -1.35. The molecule has 0 spiro atoms. The minimum Gasteiger partial charge on any atom is -0.264 e. The van der Waals surface area contributed by atoms with E-state index < -0.39 is 60.8 Å². The molecule has 7 rings (SSSR count). The molecule has 0 saturated heterocycles. The predicted molar refractivity (Wildman–Crippen MR) is 231 cm³/mol. The molecule has 14 heteroatoms. The lowest BCUT2D eigenvalue weighted by molar-refractivity contribution is 0.437. The Balaban J connectivity index is 0.000000192. The SMILES string of the molecule is C(=C\c1c2ccccc2c(/C=C/c2cccnc2)c2ccccc12)/c1cccnc1.Fc1c(F)c(I)c(F)c(F)c1I.Fc1c(F)c(I)c(F)c(F)c1I. The van der Waals surface area contributed by atoms with E-state index in [1.165, 1.54) is 123 Å². The van der Waals surface area contributed by atoms with Crippen LogP contribution in [0, 0.1) is 60.8 Å². The zero-order chi connectivity index (χ0) is 39.1. The van der Waals surface area contributed by atoms with Gasteiger partial charge in [-0.1, -0.05) is 85.0 Å². The highest BCUT2D eigenvalue weighted by Gasteiger charge is 2.23. The number of benzene rings is 5. The number of hydrogen-bond donors (Lipinski definition) is 0. The molecular formula is C40H20F8I4N2. The quantitative estimate of drug-likeness (QED) is 0.0577. The zero-order valence-electron chi connectivity index (χ0n) is 27.0. The second-order valence-electron chi connectivity index (χ2n) is 10.9. The lowest BCUT2D eigenvalue weighted by Gasteiger charge is -2.13. The van der Waals surface area contributed by atoms with Gasteiger partial charge < -0.3 is 0 Å². The van der Waals surface area contributed by atoms with Gasteiger partial charge in [0.2, 0.25) is 0 Å². The molecule has 2 nitrogen and oxygen atoms in total. The van der Waals surface area contributed by atoms with Crippen molar-refractivity contribution in [3.8, 4) is 0 Å². The van der Waals surface area contributed by atoms with E-state index in [-0.39, 0.29) is 0 Å². The summed E-state index contributed by atoms with van der Waals surface area (Å²) >= 11 is 4.81. The molecule has 0 unspecified atom stereocenters. The van der Waals surface area contributed by atoms with Crippen LogP contribution in [0.5, 0.6) is 0 Å². The fourth-order valence-corrected chi connectivity index (χ4v) is 6.91. The highest BCUT2D eigenvalue weighted by Crippen LogP contribution is 2.35. The van der Waals surface area contributed by atoms with Gasteiger partial charge in [-0.25, -0.2) is 35.1 Å². The van der Waals surface area contributed by atoms with Crippen molar-refractivity contribution in [2.24, 2.45) is 0 Å². The van der Waals surface area contributed by atoms with Crippen molar-refractivity contribution >= 4 is 136 Å². The molecule has 274 valence electrons. The fourth-order valence-electron chi connectivity index (χ4n) is 5.02. The molecule has 0 saturated carbocycles. The van der Waals surface area contributed by atoms with Crippen LogP contribution in [0.25, 0.3) is 45.8 Å². The highest BCUT2D eigenvalue weighted by molar-refractivity contribution is 14.1. The smallest absolute Gasteiger partial charge is 0.176 e. The Kier molecular flexibility index (Phi) is 14.8. The second-order valence-corrected chi connectivity index (χ2v) is 15.2. The molecule has 7 aromatic rings. The number of halogens is 12. The summed E-state index contributed by atoms with van der Waals surface area (Å²) in [5.74, 6) is -10.8. The average Bonchev–Trinajstić information content (AvgIpc) is 3.21. The molecule has 0 atom stereocenters. The number of nitrogens with zero attached hydrogens (tertiary/aromatic N) is 2. The van der Waals surface area contributed by atoms with Crippen LogP contribution in [0.3, 0.4) is 0 Å². The van der Waals surface area contributed by atoms with Crippen molar-refractivity contribution in [1.82, 2.24) is 9.97 Å². The summed E-state index contributed by atoms with van der Waals surface area (Å²) < 4.78 is 98.5. The molecule has 0 fully saturated rings. The first kappa shape index (κ1) is 41.9. The Morgan fingerprint density at radius 1 is 0.352 bits per heavy atom. The van der Waals surface area contributed by atoms with Gasteiger partial charge in [0.15, 0.2) is 46.5 Å². The van der Waals surface area contributed by atoms with Gasteiger partial charge in [0.05, 0.1) is 14.3 Å². The molecule has 0 aliphatic rings. The van der Waals surface area contributed by atoms with Crippen LogP contribution in [0.15, 0.2) is 97.6 Å². The molecule has 0 aliphatic heterocycles. The number of pyridine rings is 2. The van der Waals surface area contributed by atoms with E-state index >= 15 is 0 Å². The van der Waals surface area contributed by atoms with Crippen molar-refractivity contribution in [2.75, 3.05) is 0 Å². The van der Waals surface area contributed by atoms with Crippen LogP contribution in [0.2, 0.25) is 0 Å². The third-order valence-electron chi connectivity index (χ3n) is 7.58. The van der Waals surface area contributed by atoms with Gasteiger partial charge in [0.25, 0.3) is 0 Å². The Hall–Kier alpha value is -3.24. The van der Waals surface area contributed by atoms with E-state index in [4.69, 9.17) is 0 Å². The van der Waals surface area contributed by atoms with Crippen molar-refractivity contribution in [2.45, 2.75) is 0 Å². The van der Waals surface area contributed by atoms with E-state index in [1.54, 1.807) is 12.4 Å². The monoisotopic (exact) mass is 1190 g/mol. The Bertz CT molecular complexity index is 2090. The van der Waals surface area contributed by atoms with E-state index in [2.05, 4.69) is 94.9 Å². The highest BCUT2D eigenvalue weighted by atomic mass is 127. The first-order valence-electron chi connectivity index (χ1n) is 15.3. The van der Waals surface area contributed by atoms with Crippen molar-refractivity contribution < 1.29 is 35.1 Å². The lowest BCUT2D eigenvalue weighted by Crippen LogP contribution is -2.02. The molecule has 54 heavy (non-hydrogen) atoms. The fraction of sp³-hybridized carbons (Fsp3) is 0. The molecule has 0 aliphatic carbocycles. The zero-order valence-corrected chi connectivity index (χ0v) is 35.6. The van der Waals surface area contributed by atoms with E-state index in [1.807, 2.05) is 24.5 Å². The number of aromatic nitrogens is 2. The Morgan fingerprint density at radius 2 is 0.611 bits per heavy atom. The lowest BCUT2D eigenvalue weighted by atomic mass is 9.91. The Labute approximate surface area is 358 Å². The van der Waals surface area contributed by atoms with Crippen LogP contribution in [-0.4, -0.2) is 9.97 Å². The average molecular weight is 1190 g/mol. The minimum absolute atomic E-state index is 0.664. The van der Waals surface area contributed by atoms with Crippen molar-refractivity contribution in [1.29, 1.82) is 0 Å². The number of rotatable bonds is 4. The van der Waals surface area contributed by atoms with Gasteiger partial charge in [-0.3, -0.25) is 9.97 Å². The third kappa shape index (κ3) is 9.40. The van der Waals surface area contributed by atoms with Gasteiger partial charge in [-0.05, 0) is 146 Å². The van der Waals surface area contributed by atoms with E-state index in [0.717, 1.165) is 11.1 Å². The summed E-state index contributed by atoms with van der Waals surface area (Å²) in [5, 5.41) is 4.95. The number of fused-ring (bicyclic) bond motifs is 2. The maximum absolute atomic E-state index is 12.6. The van der Waals surface area contributed by atoms with Crippen LogP contribution in [-0.2, 0) is 0 Å². The maximum atomic E-state index is 12.6. The largest absolute Gasteiger partial charge is 0.264 e. The molecule has 2 aromatic heterocycles. The molecule has 0 radical (unpaired) electrons. The maximum Gasteiger partial charge on any atom is 0.176 e. The molecule has 0 N–H and O–H groups in total. The first-order valence-corrected chi connectivity index (χ1v) is 19.6. The van der Waals surface area contributed by atoms with Crippen LogP contribution in [0.1, 0.15) is 22.3 Å². The summed E-state index contributed by atoms with van der Waals surface area (Å²) in [5.41, 5.74) is 4.63. The summed E-state index contributed by atoms with van der Waals surface area (Å²) in [6.45, 7) is 0. The van der Waals surface area contributed by atoms with Crippen LogP contribution >= 0.6 is 90.4 Å². The molecular weight excluding hydrogens is 1170 g/mol. The molecule has 0 amide bonds. The van der Waals surface area contributed by atoms with Gasteiger partial charge in [-0.15, -0.1) is 0 Å². The van der Waals surface area contributed by atoms with Gasteiger partial charge >= 0.3 is 0 Å². The molecule has 0 bridgehead atoms. The third-order valence-corrected chi connectivity index (χ3v) is 11.4. The topological polar surface area (TPSA) is 25.8 Å². The number of hydrogen-bond acceptors (Lipinski definition) is 2.